The third-order valence-electron chi connectivity index (χ3n) is 1.47. The molecule has 0 aromatic carbocycles. The predicted octanol–water partition coefficient (Wildman–Crippen LogP) is 0.311. The minimum Gasteiger partial charge on any atom is -0.467 e. The lowest BCUT2D eigenvalue weighted by Crippen LogP contribution is -2.27. The number of esters is 1. The van der Waals surface area contributed by atoms with Gasteiger partial charge in [-0.3, -0.25) is 0 Å². The molecule has 0 amide bonds. The Hall–Kier alpha value is -0.610. The Morgan fingerprint density at radius 3 is 2.64 bits per heavy atom. The van der Waals surface area contributed by atoms with Gasteiger partial charge in [0.1, 0.15) is 0 Å². The van der Waals surface area contributed by atoms with Crippen molar-refractivity contribution in [3.05, 3.63) is 0 Å². The molecule has 1 heterocycles. The van der Waals surface area contributed by atoms with Gasteiger partial charge in [0.05, 0.1) is 13.7 Å². The Bertz CT molecular complexity index is 164. The van der Waals surface area contributed by atoms with Gasteiger partial charge in [0.2, 0.25) is 0 Å². The molecule has 0 unspecified atom stereocenters. The van der Waals surface area contributed by atoms with Crippen LogP contribution in [0, 0.1) is 0 Å². The van der Waals surface area contributed by atoms with E-state index < -0.39 is 11.9 Å². The minimum atomic E-state index is -0.654. The van der Waals surface area contributed by atoms with Crippen LogP contribution in [0.15, 0.2) is 0 Å². The van der Waals surface area contributed by atoms with Crippen LogP contribution in [0.25, 0.3) is 0 Å². The van der Waals surface area contributed by atoms with Gasteiger partial charge in [-0.25, -0.2) is 4.79 Å². The van der Waals surface area contributed by atoms with Gasteiger partial charge in [-0.05, 0) is 13.8 Å². The van der Waals surface area contributed by atoms with E-state index in [2.05, 4.69) is 4.74 Å². The number of carbonyl (C=O) groups excluding carboxylic acids is 1. The zero-order chi connectivity index (χ0) is 8.48. The molecule has 4 heteroatoms. The van der Waals surface area contributed by atoms with Crippen LogP contribution in [0.2, 0.25) is 0 Å². The van der Waals surface area contributed by atoms with E-state index in [0.717, 1.165) is 0 Å². The number of methoxy groups -OCH3 is 1. The lowest BCUT2D eigenvalue weighted by Gasteiger charge is -2.15. The zero-order valence-corrected chi connectivity index (χ0v) is 6.92. The number of hydrogen-bond acceptors (Lipinski definition) is 4. The summed E-state index contributed by atoms with van der Waals surface area (Å²) in [6.07, 6.45) is -0.560. The van der Waals surface area contributed by atoms with Crippen molar-refractivity contribution in [3.63, 3.8) is 0 Å². The van der Waals surface area contributed by atoms with Gasteiger partial charge in [-0.2, -0.15) is 0 Å². The Morgan fingerprint density at radius 1 is 1.64 bits per heavy atom. The second-order valence-corrected chi connectivity index (χ2v) is 2.84. The molecule has 4 nitrogen and oxygen atoms in total. The Balaban J connectivity index is 2.48. The molecule has 64 valence electrons. The summed E-state index contributed by atoms with van der Waals surface area (Å²) >= 11 is 0. The van der Waals surface area contributed by atoms with Crippen molar-refractivity contribution in [2.24, 2.45) is 0 Å². The number of ether oxygens (including phenoxy) is 3. The maximum absolute atomic E-state index is 10.9. The van der Waals surface area contributed by atoms with Crippen molar-refractivity contribution in [2.75, 3.05) is 13.7 Å². The first-order valence-electron chi connectivity index (χ1n) is 3.45. The first-order chi connectivity index (χ1) is 5.05. The van der Waals surface area contributed by atoms with Gasteiger partial charge in [0.15, 0.2) is 11.9 Å². The van der Waals surface area contributed by atoms with Gasteiger partial charge >= 0.3 is 5.97 Å². The fraction of sp³-hybridized carbons (Fsp3) is 0.857. The fourth-order valence-electron chi connectivity index (χ4n) is 0.935. The highest BCUT2D eigenvalue weighted by Gasteiger charge is 2.37. The maximum atomic E-state index is 10.9. The van der Waals surface area contributed by atoms with E-state index in [1.807, 2.05) is 0 Å². The van der Waals surface area contributed by atoms with E-state index in [1.165, 1.54) is 7.11 Å². The van der Waals surface area contributed by atoms with Crippen LogP contribution in [0.5, 0.6) is 0 Å². The topological polar surface area (TPSA) is 44.8 Å². The van der Waals surface area contributed by atoms with Crippen molar-refractivity contribution in [1.82, 2.24) is 0 Å². The van der Waals surface area contributed by atoms with Gasteiger partial charge in [0.25, 0.3) is 0 Å². The summed E-state index contributed by atoms with van der Waals surface area (Å²) < 4.78 is 14.8. The van der Waals surface area contributed by atoms with Crippen molar-refractivity contribution >= 4 is 5.97 Å². The molecule has 0 N–H and O–H groups in total. The second kappa shape index (κ2) is 2.79. The van der Waals surface area contributed by atoms with Crippen LogP contribution < -0.4 is 0 Å². The van der Waals surface area contributed by atoms with E-state index >= 15 is 0 Å². The highest BCUT2D eigenvalue weighted by molar-refractivity contribution is 5.74. The monoisotopic (exact) mass is 160 g/mol. The quantitative estimate of drug-likeness (QED) is 0.518. The third kappa shape index (κ3) is 1.91. The fourth-order valence-corrected chi connectivity index (χ4v) is 0.935. The molecule has 11 heavy (non-hydrogen) atoms. The molecule has 0 aromatic rings. The van der Waals surface area contributed by atoms with Crippen LogP contribution in [0.4, 0.5) is 0 Å². The molecular formula is C7H12O4. The van der Waals surface area contributed by atoms with Crippen LogP contribution in [-0.4, -0.2) is 31.6 Å². The average Bonchev–Trinajstić information content (AvgIpc) is 2.29. The summed E-state index contributed by atoms with van der Waals surface area (Å²) in [4.78, 5) is 10.9. The van der Waals surface area contributed by atoms with Crippen molar-refractivity contribution in [2.45, 2.75) is 25.7 Å². The molecule has 1 rings (SSSR count). The van der Waals surface area contributed by atoms with Crippen LogP contribution >= 0.6 is 0 Å². The maximum Gasteiger partial charge on any atom is 0.337 e. The molecule has 1 fully saturated rings. The molecule has 0 radical (unpaired) electrons. The summed E-state index contributed by atoms with van der Waals surface area (Å²) in [5.74, 6) is -1.03. The Kier molecular flexibility index (Phi) is 2.15. The standard InChI is InChI=1S/C7H12O4/c1-7(2)10-4-5(11-7)6(8)9-3/h5H,4H2,1-3H3/t5-/m0/s1. The smallest absolute Gasteiger partial charge is 0.337 e. The molecule has 0 aromatic heterocycles. The van der Waals surface area contributed by atoms with Crippen LogP contribution in [0.3, 0.4) is 0 Å². The zero-order valence-electron chi connectivity index (χ0n) is 6.92. The normalized spacial score (nSPS) is 28.5. The highest BCUT2D eigenvalue weighted by Crippen LogP contribution is 2.22. The van der Waals surface area contributed by atoms with E-state index in [-0.39, 0.29) is 12.6 Å². The van der Waals surface area contributed by atoms with Crippen molar-refractivity contribution < 1.29 is 19.0 Å². The lowest BCUT2D eigenvalue weighted by molar-refractivity contribution is -0.167. The van der Waals surface area contributed by atoms with E-state index in [9.17, 15) is 4.79 Å². The van der Waals surface area contributed by atoms with E-state index in [1.54, 1.807) is 13.8 Å². The lowest BCUT2D eigenvalue weighted by atomic mass is 10.4. The second-order valence-electron chi connectivity index (χ2n) is 2.84. The molecule has 0 aliphatic carbocycles. The number of hydrogen-bond donors (Lipinski definition) is 0. The summed E-state index contributed by atoms with van der Waals surface area (Å²) in [5.41, 5.74) is 0. The third-order valence-corrected chi connectivity index (χ3v) is 1.47. The first-order valence-corrected chi connectivity index (χ1v) is 3.45. The van der Waals surface area contributed by atoms with Gasteiger partial charge in [-0.15, -0.1) is 0 Å². The Morgan fingerprint density at radius 2 is 2.27 bits per heavy atom. The number of carbonyl (C=O) groups is 1. The average molecular weight is 160 g/mol. The molecule has 0 saturated carbocycles. The van der Waals surface area contributed by atoms with Gasteiger partial charge in [-0.1, -0.05) is 0 Å². The highest BCUT2D eigenvalue weighted by atomic mass is 16.8. The van der Waals surface area contributed by atoms with Crippen LogP contribution in [0.1, 0.15) is 13.8 Å². The van der Waals surface area contributed by atoms with Gasteiger partial charge in [0, 0.05) is 0 Å². The van der Waals surface area contributed by atoms with Crippen molar-refractivity contribution in [1.29, 1.82) is 0 Å². The SMILES string of the molecule is COC(=O)[C@@H]1COC(C)(C)O1. The molecule has 0 bridgehead atoms. The summed E-state index contributed by atoms with van der Waals surface area (Å²) in [6.45, 7) is 3.80. The molecule has 0 spiro atoms. The summed E-state index contributed by atoms with van der Waals surface area (Å²) in [5, 5.41) is 0. The molecule has 1 aliphatic heterocycles. The Labute approximate surface area is 65.4 Å². The minimum absolute atomic E-state index is 0.277. The molecule has 1 saturated heterocycles. The van der Waals surface area contributed by atoms with E-state index in [0.29, 0.717) is 0 Å². The molecule has 1 aliphatic rings. The summed E-state index contributed by atoms with van der Waals surface area (Å²) in [7, 11) is 1.33. The van der Waals surface area contributed by atoms with Crippen molar-refractivity contribution in [3.8, 4) is 0 Å². The van der Waals surface area contributed by atoms with E-state index in [4.69, 9.17) is 9.47 Å². The van der Waals surface area contributed by atoms with Crippen LogP contribution in [-0.2, 0) is 19.0 Å². The summed E-state index contributed by atoms with van der Waals surface area (Å²) in [6, 6.07) is 0. The largest absolute Gasteiger partial charge is 0.467 e. The first kappa shape index (κ1) is 8.49. The number of rotatable bonds is 1. The van der Waals surface area contributed by atoms with Gasteiger partial charge < -0.3 is 14.2 Å². The predicted molar refractivity (Wildman–Crippen MR) is 36.9 cm³/mol. The molecular weight excluding hydrogens is 148 g/mol. The molecule has 1 atom stereocenters.